The highest BCUT2D eigenvalue weighted by molar-refractivity contribution is 6.07. The van der Waals surface area contributed by atoms with Gasteiger partial charge in [-0.05, 0) is 25.5 Å². The van der Waals surface area contributed by atoms with E-state index in [1.807, 2.05) is 29.0 Å². The number of ether oxygens (including phenoxy) is 1. The number of aliphatic hydroxyl groups is 1. The van der Waals surface area contributed by atoms with Gasteiger partial charge in [-0.3, -0.25) is 4.79 Å². The zero-order valence-electron chi connectivity index (χ0n) is 10.6. The molecule has 0 saturated carbocycles. The van der Waals surface area contributed by atoms with Gasteiger partial charge in [0, 0.05) is 36.4 Å². The Morgan fingerprint density at radius 1 is 1.44 bits per heavy atom. The molecule has 0 fully saturated rings. The van der Waals surface area contributed by atoms with Crippen LogP contribution >= 0.6 is 0 Å². The fraction of sp³-hybridized carbons (Fsp3) is 0.357. The number of rotatable bonds is 5. The summed E-state index contributed by atoms with van der Waals surface area (Å²) < 4.78 is 7.19. The number of benzene rings is 1. The Kier molecular flexibility index (Phi) is 3.67. The number of ketones is 1. The van der Waals surface area contributed by atoms with E-state index >= 15 is 0 Å². The number of nitrogens with zero attached hydrogens (tertiary/aromatic N) is 1. The predicted molar refractivity (Wildman–Crippen MR) is 70.2 cm³/mol. The maximum Gasteiger partial charge on any atom is 0.161 e. The number of methoxy groups -OCH3 is 1. The molecule has 96 valence electrons. The quantitative estimate of drug-likeness (QED) is 0.824. The monoisotopic (exact) mass is 247 g/mol. The van der Waals surface area contributed by atoms with Crippen molar-refractivity contribution in [3.8, 4) is 5.75 Å². The van der Waals surface area contributed by atoms with Gasteiger partial charge in [0.2, 0.25) is 0 Å². The molecule has 0 bridgehead atoms. The first kappa shape index (κ1) is 12.6. The number of aromatic nitrogens is 1. The summed E-state index contributed by atoms with van der Waals surface area (Å²) in [5.41, 5.74) is 1.68. The smallest absolute Gasteiger partial charge is 0.161 e. The minimum atomic E-state index is 0.0490. The summed E-state index contributed by atoms with van der Waals surface area (Å²) in [5.74, 6) is 0.814. The molecule has 1 aromatic heterocycles. The van der Waals surface area contributed by atoms with Crippen molar-refractivity contribution < 1.29 is 14.6 Å². The first-order valence-corrected chi connectivity index (χ1v) is 5.96. The molecule has 0 saturated heterocycles. The standard InChI is InChI=1S/C14H17NO3/c1-10(17)13-9-15(6-3-7-16)14-8-11(18-2)4-5-12(13)14/h4-5,8-9,16H,3,6-7H2,1-2H3. The zero-order valence-corrected chi connectivity index (χ0v) is 10.6. The number of hydrogen-bond acceptors (Lipinski definition) is 3. The fourth-order valence-corrected chi connectivity index (χ4v) is 2.11. The number of hydrogen-bond donors (Lipinski definition) is 1. The maximum absolute atomic E-state index is 11.6. The molecule has 4 nitrogen and oxygen atoms in total. The third kappa shape index (κ3) is 2.24. The summed E-state index contributed by atoms with van der Waals surface area (Å²) >= 11 is 0. The van der Waals surface area contributed by atoms with Gasteiger partial charge in [-0.25, -0.2) is 0 Å². The van der Waals surface area contributed by atoms with E-state index in [1.165, 1.54) is 0 Å². The molecule has 0 atom stereocenters. The van der Waals surface area contributed by atoms with Gasteiger partial charge in [0.05, 0.1) is 12.6 Å². The van der Waals surface area contributed by atoms with Crippen molar-refractivity contribution in [2.45, 2.75) is 19.9 Å². The largest absolute Gasteiger partial charge is 0.497 e. The van der Waals surface area contributed by atoms with Crippen molar-refractivity contribution in [1.82, 2.24) is 4.57 Å². The van der Waals surface area contributed by atoms with Gasteiger partial charge in [-0.2, -0.15) is 0 Å². The van der Waals surface area contributed by atoms with Gasteiger partial charge in [-0.15, -0.1) is 0 Å². The average Bonchev–Trinajstić information content (AvgIpc) is 2.74. The Morgan fingerprint density at radius 3 is 2.83 bits per heavy atom. The molecule has 0 unspecified atom stereocenters. The SMILES string of the molecule is COc1ccc2c(C(C)=O)cn(CCCO)c2c1. The van der Waals surface area contributed by atoms with Gasteiger partial charge in [-0.1, -0.05) is 0 Å². The van der Waals surface area contributed by atoms with Crippen LogP contribution in [0.25, 0.3) is 10.9 Å². The second-order valence-electron chi connectivity index (χ2n) is 4.25. The van der Waals surface area contributed by atoms with Gasteiger partial charge < -0.3 is 14.4 Å². The summed E-state index contributed by atoms with van der Waals surface area (Å²) in [6.07, 6.45) is 2.51. The van der Waals surface area contributed by atoms with Crippen molar-refractivity contribution in [2.75, 3.05) is 13.7 Å². The lowest BCUT2D eigenvalue weighted by Crippen LogP contribution is -1.98. The second kappa shape index (κ2) is 5.23. The van der Waals surface area contributed by atoms with Crippen LogP contribution in [0.1, 0.15) is 23.7 Å². The van der Waals surface area contributed by atoms with Crippen LogP contribution in [0.4, 0.5) is 0 Å². The van der Waals surface area contributed by atoms with E-state index in [-0.39, 0.29) is 12.4 Å². The number of Topliss-reactive ketones (excluding diaryl/α,β-unsaturated/α-hetero) is 1. The molecule has 0 spiro atoms. The summed E-state index contributed by atoms with van der Waals surface area (Å²) in [5, 5.41) is 9.84. The van der Waals surface area contributed by atoms with Crippen LogP contribution in [0.15, 0.2) is 24.4 Å². The van der Waals surface area contributed by atoms with Gasteiger partial charge in [0.1, 0.15) is 5.75 Å². The van der Waals surface area contributed by atoms with Crippen molar-refractivity contribution in [3.63, 3.8) is 0 Å². The zero-order chi connectivity index (χ0) is 13.1. The minimum Gasteiger partial charge on any atom is -0.497 e. The highest BCUT2D eigenvalue weighted by atomic mass is 16.5. The van der Waals surface area contributed by atoms with Crippen LogP contribution in [-0.2, 0) is 6.54 Å². The molecule has 0 aliphatic heterocycles. The van der Waals surface area contributed by atoms with E-state index in [1.54, 1.807) is 14.0 Å². The predicted octanol–water partition coefficient (Wildman–Crippen LogP) is 2.23. The number of aliphatic hydroxyl groups excluding tert-OH is 1. The van der Waals surface area contributed by atoms with Crippen LogP contribution in [-0.4, -0.2) is 29.2 Å². The van der Waals surface area contributed by atoms with E-state index in [4.69, 9.17) is 9.84 Å². The third-order valence-electron chi connectivity index (χ3n) is 3.03. The Hall–Kier alpha value is -1.81. The maximum atomic E-state index is 11.6. The summed E-state index contributed by atoms with van der Waals surface area (Å²) in [6.45, 7) is 2.39. The van der Waals surface area contributed by atoms with E-state index in [0.717, 1.165) is 16.7 Å². The van der Waals surface area contributed by atoms with Crippen molar-refractivity contribution in [1.29, 1.82) is 0 Å². The Bertz CT molecular complexity index is 572. The van der Waals surface area contributed by atoms with Crippen LogP contribution < -0.4 is 4.74 Å². The molecule has 2 aromatic rings. The average molecular weight is 247 g/mol. The molecule has 0 aliphatic carbocycles. The number of fused-ring (bicyclic) bond motifs is 1. The van der Waals surface area contributed by atoms with E-state index in [0.29, 0.717) is 18.5 Å². The fourth-order valence-electron chi connectivity index (χ4n) is 2.11. The molecule has 1 heterocycles. The second-order valence-corrected chi connectivity index (χ2v) is 4.25. The lowest BCUT2D eigenvalue weighted by atomic mass is 10.1. The van der Waals surface area contributed by atoms with Crippen molar-refractivity contribution in [3.05, 3.63) is 30.0 Å². The molecule has 1 aromatic carbocycles. The summed E-state index contributed by atoms with van der Waals surface area (Å²) in [6, 6.07) is 5.67. The van der Waals surface area contributed by atoms with E-state index in [2.05, 4.69) is 0 Å². The molecular formula is C14H17NO3. The normalized spacial score (nSPS) is 10.8. The van der Waals surface area contributed by atoms with Crippen LogP contribution in [0.2, 0.25) is 0 Å². The van der Waals surface area contributed by atoms with Gasteiger partial charge in [0.25, 0.3) is 0 Å². The third-order valence-corrected chi connectivity index (χ3v) is 3.03. The lowest BCUT2D eigenvalue weighted by molar-refractivity contribution is 0.101. The molecule has 0 aliphatic rings. The minimum absolute atomic E-state index is 0.0490. The lowest BCUT2D eigenvalue weighted by Gasteiger charge is -2.05. The first-order chi connectivity index (χ1) is 8.67. The number of carbonyl (C=O) groups excluding carboxylic acids is 1. The molecule has 1 N–H and O–H groups in total. The van der Waals surface area contributed by atoms with Crippen LogP contribution in [0.3, 0.4) is 0 Å². The Morgan fingerprint density at radius 2 is 2.22 bits per heavy atom. The highest BCUT2D eigenvalue weighted by Gasteiger charge is 2.12. The topological polar surface area (TPSA) is 51.5 Å². The van der Waals surface area contributed by atoms with Crippen LogP contribution in [0, 0.1) is 0 Å². The van der Waals surface area contributed by atoms with E-state index in [9.17, 15) is 4.79 Å². The molecular weight excluding hydrogens is 230 g/mol. The summed E-state index contributed by atoms with van der Waals surface area (Å²) in [7, 11) is 1.62. The van der Waals surface area contributed by atoms with Crippen LogP contribution in [0.5, 0.6) is 5.75 Å². The molecule has 4 heteroatoms. The van der Waals surface area contributed by atoms with E-state index < -0.39 is 0 Å². The van der Waals surface area contributed by atoms with Crippen molar-refractivity contribution in [2.24, 2.45) is 0 Å². The first-order valence-electron chi connectivity index (χ1n) is 5.96. The van der Waals surface area contributed by atoms with Gasteiger partial charge in [0.15, 0.2) is 5.78 Å². The highest BCUT2D eigenvalue weighted by Crippen LogP contribution is 2.26. The molecule has 0 amide bonds. The Balaban J connectivity index is 2.57. The van der Waals surface area contributed by atoms with Gasteiger partial charge >= 0.3 is 0 Å². The molecule has 0 radical (unpaired) electrons. The number of aryl methyl sites for hydroxylation is 1. The number of carbonyl (C=O) groups is 1. The van der Waals surface area contributed by atoms with Crippen molar-refractivity contribution >= 4 is 16.7 Å². The summed E-state index contributed by atoms with van der Waals surface area (Å²) in [4.78, 5) is 11.6. The molecule has 18 heavy (non-hydrogen) atoms. The Labute approximate surface area is 106 Å². The molecule has 2 rings (SSSR count).